The van der Waals surface area contributed by atoms with Crippen LogP contribution in [0.25, 0.3) is 0 Å². The number of thiophene rings is 1. The molecule has 5 nitrogen and oxygen atoms in total. The van der Waals surface area contributed by atoms with Gasteiger partial charge in [0, 0.05) is 30.6 Å². The molecule has 21 heavy (non-hydrogen) atoms. The molecular weight excluding hydrogens is 286 g/mol. The van der Waals surface area contributed by atoms with E-state index in [1.807, 2.05) is 37.7 Å². The number of nitrogens with one attached hydrogen (secondary N) is 1. The fraction of sp³-hybridized carbons (Fsp3) is 0.333. The van der Waals surface area contributed by atoms with E-state index in [0.29, 0.717) is 6.54 Å². The van der Waals surface area contributed by atoms with Crippen LogP contribution < -0.4 is 5.32 Å². The molecule has 0 spiro atoms. The second-order valence-electron chi connectivity index (χ2n) is 5.16. The summed E-state index contributed by atoms with van der Waals surface area (Å²) in [5.41, 5.74) is 2.17. The van der Waals surface area contributed by atoms with Gasteiger partial charge in [-0.3, -0.25) is 10.1 Å². The van der Waals surface area contributed by atoms with Gasteiger partial charge in [-0.25, -0.2) is 0 Å². The largest absolute Gasteiger partial charge is 0.324 e. The second-order valence-corrected chi connectivity index (χ2v) is 6.05. The van der Waals surface area contributed by atoms with Gasteiger partial charge in [0.25, 0.3) is 0 Å². The maximum absolute atomic E-state index is 10.7. The molecule has 0 aliphatic heterocycles. The Hall–Kier alpha value is -1.76. The number of likely N-dealkylation sites (N-methyl/N-ethyl adjacent to an activating group) is 1. The van der Waals surface area contributed by atoms with Crippen LogP contribution in [0.1, 0.15) is 17.2 Å². The normalized spacial score (nSPS) is 12.5. The van der Waals surface area contributed by atoms with E-state index in [1.54, 1.807) is 6.07 Å². The molecule has 0 aliphatic rings. The zero-order valence-electron chi connectivity index (χ0n) is 12.2. The van der Waals surface area contributed by atoms with Crippen molar-refractivity contribution in [2.75, 3.05) is 20.6 Å². The summed E-state index contributed by atoms with van der Waals surface area (Å²) in [7, 11) is 4.07. The fourth-order valence-corrected chi connectivity index (χ4v) is 2.86. The molecule has 0 aliphatic carbocycles. The van der Waals surface area contributed by atoms with Gasteiger partial charge >= 0.3 is 5.00 Å². The fourth-order valence-electron chi connectivity index (χ4n) is 2.13. The molecule has 0 radical (unpaired) electrons. The summed E-state index contributed by atoms with van der Waals surface area (Å²) < 4.78 is 0. The Kier molecular flexibility index (Phi) is 5.44. The molecule has 2 aromatic rings. The van der Waals surface area contributed by atoms with Crippen LogP contribution in [-0.4, -0.2) is 30.5 Å². The highest BCUT2D eigenvalue weighted by molar-refractivity contribution is 7.13. The maximum Gasteiger partial charge on any atom is 0.324 e. The number of nitro groups is 1. The SMILES string of the molecule is CN(C)CC(NCc1csc([N+](=O)[O-])c1)c1ccccc1. The van der Waals surface area contributed by atoms with Gasteiger partial charge in [-0.15, -0.1) is 0 Å². The number of hydrogen-bond acceptors (Lipinski definition) is 5. The first-order valence-electron chi connectivity index (χ1n) is 6.71. The monoisotopic (exact) mass is 305 g/mol. The van der Waals surface area contributed by atoms with Gasteiger partial charge in [-0.2, -0.15) is 0 Å². The van der Waals surface area contributed by atoms with Crippen molar-refractivity contribution in [3.63, 3.8) is 0 Å². The van der Waals surface area contributed by atoms with E-state index >= 15 is 0 Å². The van der Waals surface area contributed by atoms with E-state index in [4.69, 9.17) is 0 Å². The minimum atomic E-state index is -0.345. The highest BCUT2D eigenvalue weighted by Crippen LogP contribution is 2.23. The number of rotatable bonds is 7. The smallest absolute Gasteiger partial charge is 0.308 e. The first kappa shape index (κ1) is 15.6. The van der Waals surface area contributed by atoms with Crippen molar-refractivity contribution in [2.45, 2.75) is 12.6 Å². The van der Waals surface area contributed by atoms with Gasteiger partial charge in [0.1, 0.15) is 0 Å². The van der Waals surface area contributed by atoms with E-state index in [1.165, 1.54) is 16.9 Å². The standard InChI is InChI=1S/C15H19N3O2S/c1-17(2)10-14(13-6-4-3-5-7-13)16-9-12-8-15(18(19)20)21-11-12/h3-8,11,14,16H,9-10H2,1-2H3. The summed E-state index contributed by atoms with van der Waals surface area (Å²) in [6, 6.07) is 12.1. The number of nitrogens with zero attached hydrogens (tertiary/aromatic N) is 2. The topological polar surface area (TPSA) is 58.4 Å². The van der Waals surface area contributed by atoms with Crippen molar-refractivity contribution in [3.05, 3.63) is 63.0 Å². The summed E-state index contributed by atoms with van der Waals surface area (Å²) in [6.07, 6.45) is 0. The van der Waals surface area contributed by atoms with Crippen molar-refractivity contribution >= 4 is 16.3 Å². The van der Waals surface area contributed by atoms with E-state index in [-0.39, 0.29) is 16.0 Å². The predicted octanol–water partition coefficient (Wildman–Crippen LogP) is 3.05. The highest BCUT2D eigenvalue weighted by Gasteiger charge is 2.14. The number of benzene rings is 1. The van der Waals surface area contributed by atoms with Gasteiger partial charge < -0.3 is 10.2 Å². The second kappa shape index (κ2) is 7.31. The molecule has 0 saturated heterocycles. The van der Waals surface area contributed by atoms with E-state index in [0.717, 1.165) is 12.1 Å². The molecule has 1 N–H and O–H groups in total. The van der Waals surface area contributed by atoms with Crippen LogP contribution in [0.4, 0.5) is 5.00 Å². The summed E-state index contributed by atoms with van der Waals surface area (Å²) in [4.78, 5) is 12.5. The van der Waals surface area contributed by atoms with E-state index in [9.17, 15) is 10.1 Å². The Morgan fingerprint density at radius 3 is 2.62 bits per heavy atom. The summed E-state index contributed by atoms with van der Waals surface area (Å²) in [5, 5.41) is 16.2. The zero-order valence-corrected chi connectivity index (χ0v) is 13.0. The molecule has 6 heteroatoms. The minimum absolute atomic E-state index is 0.190. The molecule has 2 rings (SSSR count). The molecule has 0 bridgehead atoms. The van der Waals surface area contributed by atoms with Crippen molar-refractivity contribution in [2.24, 2.45) is 0 Å². The van der Waals surface area contributed by atoms with Crippen molar-refractivity contribution in [3.8, 4) is 0 Å². The van der Waals surface area contributed by atoms with Crippen LogP contribution in [0.15, 0.2) is 41.8 Å². The average Bonchev–Trinajstić information content (AvgIpc) is 2.93. The van der Waals surface area contributed by atoms with Crippen LogP contribution in [0.2, 0.25) is 0 Å². The molecule has 1 heterocycles. The van der Waals surface area contributed by atoms with Gasteiger partial charge in [0.05, 0.1) is 4.92 Å². The van der Waals surface area contributed by atoms with Gasteiger partial charge in [-0.05, 0) is 25.2 Å². The lowest BCUT2D eigenvalue weighted by molar-refractivity contribution is -0.380. The lowest BCUT2D eigenvalue weighted by atomic mass is 10.1. The molecule has 0 fully saturated rings. The first-order chi connectivity index (χ1) is 10.1. The lowest BCUT2D eigenvalue weighted by Gasteiger charge is -2.22. The summed E-state index contributed by atoms with van der Waals surface area (Å²) in [5.74, 6) is 0. The van der Waals surface area contributed by atoms with Crippen molar-refractivity contribution < 1.29 is 4.92 Å². The lowest BCUT2D eigenvalue weighted by Crippen LogP contribution is -2.30. The van der Waals surface area contributed by atoms with Crippen molar-refractivity contribution in [1.29, 1.82) is 0 Å². The van der Waals surface area contributed by atoms with Crippen LogP contribution in [0, 0.1) is 10.1 Å². The Bertz CT molecular complexity index is 584. The van der Waals surface area contributed by atoms with Gasteiger partial charge in [-0.1, -0.05) is 41.7 Å². The van der Waals surface area contributed by atoms with E-state index in [2.05, 4.69) is 22.3 Å². The molecule has 1 aromatic carbocycles. The molecule has 0 amide bonds. The third-order valence-corrected chi connectivity index (χ3v) is 4.05. The Morgan fingerprint density at radius 2 is 2.05 bits per heavy atom. The quantitative estimate of drug-likeness (QED) is 0.631. The van der Waals surface area contributed by atoms with Crippen LogP contribution in [0.5, 0.6) is 0 Å². The number of hydrogen-bond donors (Lipinski definition) is 1. The molecule has 1 unspecified atom stereocenters. The Morgan fingerprint density at radius 1 is 1.33 bits per heavy atom. The van der Waals surface area contributed by atoms with E-state index < -0.39 is 0 Å². The third-order valence-electron chi connectivity index (χ3n) is 3.12. The highest BCUT2D eigenvalue weighted by atomic mass is 32.1. The Labute approximate surface area is 128 Å². The van der Waals surface area contributed by atoms with Gasteiger partial charge in [0.15, 0.2) is 0 Å². The zero-order chi connectivity index (χ0) is 15.2. The molecule has 1 atom stereocenters. The molecule has 112 valence electrons. The molecule has 1 aromatic heterocycles. The third kappa shape index (κ3) is 4.63. The Balaban J connectivity index is 2.03. The summed E-state index contributed by atoms with van der Waals surface area (Å²) >= 11 is 1.17. The molecular formula is C15H19N3O2S. The van der Waals surface area contributed by atoms with Crippen LogP contribution >= 0.6 is 11.3 Å². The first-order valence-corrected chi connectivity index (χ1v) is 7.59. The van der Waals surface area contributed by atoms with Crippen LogP contribution in [-0.2, 0) is 6.54 Å². The predicted molar refractivity (Wildman–Crippen MR) is 85.6 cm³/mol. The van der Waals surface area contributed by atoms with Gasteiger partial charge in [0.2, 0.25) is 0 Å². The molecule has 0 saturated carbocycles. The van der Waals surface area contributed by atoms with Crippen molar-refractivity contribution in [1.82, 2.24) is 10.2 Å². The maximum atomic E-state index is 10.7. The minimum Gasteiger partial charge on any atom is -0.308 e. The average molecular weight is 305 g/mol. The van der Waals surface area contributed by atoms with Crippen LogP contribution in [0.3, 0.4) is 0 Å². The summed E-state index contributed by atoms with van der Waals surface area (Å²) in [6.45, 7) is 1.49.